The lowest BCUT2D eigenvalue weighted by atomic mass is 10.0. The molecule has 2 aromatic heterocycles. The van der Waals surface area contributed by atoms with Crippen molar-refractivity contribution in [1.82, 2.24) is 14.7 Å². The fourth-order valence-corrected chi connectivity index (χ4v) is 4.13. The molecule has 3 heterocycles. The van der Waals surface area contributed by atoms with E-state index in [0.717, 1.165) is 35.1 Å². The van der Waals surface area contributed by atoms with E-state index >= 15 is 0 Å². The van der Waals surface area contributed by atoms with Gasteiger partial charge >= 0.3 is 12.6 Å². The van der Waals surface area contributed by atoms with E-state index in [4.69, 9.17) is 9.63 Å². The molecule has 0 saturated heterocycles. The molecule has 1 aliphatic rings. The predicted molar refractivity (Wildman–Crippen MR) is 107 cm³/mol. The van der Waals surface area contributed by atoms with Crippen LogP contribution in [0.1, 0.15) is 24.5 Å². The molecular formula is C22H17F2N3O4. The molecule has 5 rings (SSSR count). The average Bonchev–Trinajstić information content (AvgIpc) is 3.43. The molecule has 158 valence electrons. The maximum absolute atomic E-state index is 12.4. The quantitative estimate of drug-likeness (QED) is 0.472. The lowest BCUT2D eigenvalue weighted by Crippen LogP contribution is -2.02. The monoisotopic (exact) mass is 425 g/mol. The Morgan fingerprint density at radius 1 is 1.23 bits per heavy atom. The largest absolute Gasteiger partial charge is 0.481 e. The van der Waals surface area contributed by atoms with Crippen molar-refractivity contribution < 1.29 is 27.9 Å². The fourth-order valence-electron chi connectivity index (χ4n) is 4.13. The van der Waals surface area contributed by atoms with Crippen molar-refractivity contribution >= 4 is 16.9 Å². The molecule has 0 saturated carbocycles. The zero-order chi connectivity index (χ0) is 21.5. The number of rotatable bonds is 6. The number of hydrogen-bond donors (Lipinski definition) is 1. The Morgan fingerprint density at radius 2 is 2.10 bits per heavy atom. The van der Waals surface area contributed by atoms with Gasteiger partial charge in [-0.25, -0.2) is 0 Å². The van der Waals surface area contributed by atoms with Gasteiger partial charge in [0, 0.05) is 40.2 Å². The number of aryl methyl sites for hydroxylation is 1. The number of carboxylic acids is 1. The van der Waals surface area contributed by atoms with Crippen molar-refractivity contribution in [2.75, 3.05) is 0 Å². The van der Waals surface area contributed by atoms with Crippen LogP contribution in [0.5, 0.6) is 5.75 Å². The summed E-state index contributed by atoms with van der Waals surface area (Å²) in [5, 5.41) is 14.1. The standard InChI is InChI=1S/C22H17F2N3O4/c23-22(24)30-16-3-1-2-14(9-16)21-25-20(26-31-21)13-4-5-17-15(8-13)10-18-12(11-19(28)29)6-7-27(17)18/h1-5,8-10,12,22H,6-7,11H2,(H,28,29). The summed E-state index contributed by atoms with van der Waals surface area (Å²) in [4.78, 5) is 15.5. The first-order valence-corrected chi connectivity index (χ1v) is 9.72. The van der Waals surface area contributed by atoms with Gasteiger partial charge in [-0.1, -0.05) is 11.2 Å². The van der Waals surface area contributed by atoms with Crippen molar-refractivity contribution in [3.05, 3.63) is 54.2 Å². The summed E-state index contributed by atoms with van der Waals surface area (Å²) in [5.74, 6) is -0.228. The maximum Gasteiger partial charge on any atom is 0.387 e. The Hall–Kier alpha value is -3.75. The number of halogens is 2. The van der Waals surface area contributed by atoms with Crippen molar-refractivity contribution in [2.45, 2.75) is 31.9 Å². The molecule has 2 aromatic carbocycles. The van der Waals surface area contributed by atoms with Crippen molar-refractivity contribution in [3.8, 4) is 28.6 Å². The third kappa shape index (κ3) is 3.63. The molecule has 0 spiro atoms. The maximum atomic E-state index is 12.4. The van der Waals surface area contributed by atoms with Crippen LogP contribution in [0.15, 0.2) is 53.1 Å². The van der Waals surface area contributed by atoms with E-state index in [1.165, 1.54) is 12.1 Å². The average molecular weight is 425 g/mol. The molecule has 1 atom stereocenters. The Balaban J connectivity index is 1.45. The minimum absolute atomic E-state index is 0.00728. The molecule has 0 aliphatic carbocycles. The van der Waals surface area contributed by atoms with Crippen LogP contribution >= 0.6 is 0 Å². The molecule has 1 unspecified atom stereocenters. The van der Waals surface area contributed by atoms with Crippen molar-refractivity contribution in [3.63, 3.8) is 0 Å². The summed E-state index contributed by atoms with van der Waals surface area (Å²) in [6.07, 6.45) is 0.938. The number of aliphatic carboxylic acids is 1. The number of alkyl halides is 2. The van der Waals surface area contributed by atoms with E-state index in [0.29, 0.717) is 11.4 Å². The van der Waals surface area contributed by atoms with E-state index in [1.807, 2.05) is 24.3 Å². The fraction of sp³-hybridized carbons (Fsp3) is 0.227. The van der Waals surface area contributed by atoms with Crippen LogP contribution in [-0.2, 0) is 11.3 Å². The van der Waals surface area contributed by atoms with Gasteiger partial charge < -0.3 is 18.9 Å². The van der Waals surface area contributed by atoms with Gasteiger partial charge in [0.2, 0.25) is 5.82 Å². The van der Waals surface area contributed by atoms with Gasteiger partial charge in [0.25, 0.3) is 5.89 Å². The summed E-state index contributed by atoms with van der Waals surface area (Å²) >= 11 is 0. The molecular weight excluding hydrogens is 408 g/mol. The Morgan fingerprint density at radius 3 is 2.90 bits per heavy atom. The van der Waals surface area contributed by atoms with Gasteiger partial charge in [0.05, 0.1) is 6.42 Å². The highest BCUT2D eigenvalue weighted by atomic mass is 19.3. The molecule has 9 heteroatoms. The second kappa shape index (κ2) is 7.50. The highest BCUT2D eigenvalue weighted by molar-refractivity contribution is 5.86. The Labute approximate surface area is 174 Å². The number of nitrogens with zero attached hydrogens (tertiary/aromatic N) is 3. The minimum Gasteiger partial charge on any atom is -0.481 e. The molecule has 1 N–H and O–H groups in total. The third-order valence-electron chi connectivity index (χ3n) is 5.46. The van der Waals surface area contributed by atoms with Crippen LogP contribution in [0, 0.1) is 0 Å². The number of carboxylic acid groups (broad SMARTS) is 1. The van der Waals surface area contributed by atoms with Crippen LogP contribution in [0.4, 0.5) is 8.78 Å². The van der Waals surface area contributed by atoms with Crippen LogP contribution in [0.3, 0.4) is 0 Å². The first kappa shape index (κ1) is 19.2. The second-order valence-corrected chi connectivity index (χ2v) is 7.41. The van der Waals surface area contributed by atoms with E-state index in [1.54, 1.807) is 12.1 Å². The molecule has 7 nitrogen and oxygen atoms in total. The number of benzene rings is 2. The normalized spacial score (nSPS) is 15.5. The molecule has 0 fully saturated rings. The van der Waals surface area contributed by atoms with Gasteiger partial charge in [-0.15, -0.1) is 0 Å². The van der Waals surface area contributed by atoms with E-state index in [9.17, 15) is 13.6 Å². The topological polar surface area (TPSA) is 90.4 Å². The van der Waals surface area contributed by atoms with Crippen LogP contribution < -0.4 is 4.74 Å². The molecule has 4 aromatic rings. The third-order valence-corrected chi connectivity index (χ3v) is 5.46. The molecule has 0 amide bonds. The number of fused-ring (bicyclic) bond motifs is 3. The number of carbonyl (C=O) groups is 1. The first-order chi connectivity index (χ1) is 15.0. The highest BCUT2D eigenvalue weighted by Gasteiger charge is 2.27. The lowest BCUT2D eigenvalue weighted by molar-refractivity contribution is -0.137. The van der Waals surface area contributed by atoms with Crippen molar-refractivity contribution in [2.24, 2.45) is 0 Å². The summed E-state index contributed by atoms with van der Waals surface area (Å²) in [7, 11) is 0. The van der Waals surface area contributed by atoms with Gasteiger partial charge in [-0.05, 0) is 48.9 Å². The predicted octanol–water partition coefficient (Wildman–Crippen LogP) is 4.92. The Kier molecular flexibility index (Phi) is 4.65. The van der Waals surface area contributed by atoms with Crippen LogP contribution in [0.25, 0.3) is 33.7 Å². The van der Waals surface area contributed by atoms with Gasteiger partial charge in [0.1, 0.15) is 5.75 Å². The zero-order valence-electron chi connectivity index (χ0n) is 16.2. The number of hydrogen-bond acceptors (Lipinski definition) is 5. The SMILES string of the molecule is O=C(O)CC1CCn2c1cc1cc(-c3noc(-c4cccc(OC(F)F)c4)n3)ccc12. The van der Waals surface area contributed by atoms with E-state index in [2.05, 4.69) is 19.4 Å². The van der Waals surface area contributed by atoms with Crippen LogP contribution in [-0.4, -0.2) is 32.4 Å². The summed E-state index contributed by atoms with van der Waals surface area (Å²) in [5.41, 5.74) is 3.27. The van der Waals surface area contributed by atoms with Crippen LogP contribution in [0.2, 0.25) is 0 Å². The smallest absolute Gasteiger partial charge is 0.387 e. The molecule has 0 bridgehead atoms. The summed E-state index contributed by atoms with van der Waals surface area (Å²) in [6.45, 7) is -2.13. The molecule has 1 aliphatic heterocycles. The number of ether oxygens (including phenoxy) is 1. The molecule has 0 radical (unpaired) electrons. The highest BCUT2D eigenvalue weighted by Crippen LogP contribution is 2.37. The second-order valence-electron chi connectivity index (χ2n) is 7.41. The molecule has 31 heavy (non-hydrogen) atoms. The number of aromatic nitrogens is 3. The van der Waals surface area contributed by atoms with Gasteiger partial charge in [-0.3, -0.25) is 4.79 Å². The summed E-state index contributed by atoms with van der Waals surface area (Å²) in [6, 6.07) is 13.9. The zero-order valence-corrected chi connectivity index (χ0v) is 16.2. The van der Waals surface area contributed by atoms with Crippen molar-refractivity contribution in [1.29, 1.82) is 0 Å². The van der Waals surface area contributed by atoms with Gasteiger partial charge in [0.15, 0.2) is 0 Å². The van der Waals surface area contributed by atoms with E-state index < -0.39 is 12.6 Å². The summed E-state index contributed by atoms with van der Waals surface area (Å²) < 4.78 is 36.8. The lowest BCUT2D eigenvalue weighted by Gasteiger charge is -2.04. The minimum atomic E-state index is -2.92. The first-order valence-electron chi connectivity index (χ1n) is 9.72. The van der Waals surface area contributed by atoms with Gasteiger partial charge in [-0.2, -0.15) is 13.8 Å². The Bertz CT molecular complexity index is 1280. The van der Waals surface area contributed by atoms with E-state index in [-0.39, 0.29) is 24.0 Å².